The van der Waals surface area contributed by atoms with E-state index < -0.39 is 5.51 Å². The van der Waals surface area contributed by atoms with E-state index in [1.54, 1.807) is 0 Å². The summed E-state index contributed by atoms with van der Waals surface area (Å²) in [5.41, 5.74) is -4.08. The zero-order valence-electron chi connectivity index (χ0n) is 8.07. The van der Waals surface area contributed by atoms with Crippen molar-refractivity contribution in [3.8, 4) is 0 Å². The minimum Gasteiger partial charge on any atom is -0.313 e. The van der Waals surface area contributed by atoms with Gasteiger partial charge in [-0.15, -0.1) is 0 Å². The van der Waals surface area contributed by atoms with E-state index >= 15 is 0 Å². The molecule has 0 aromatic rings. The first kappa shape index (κ1) is 12.2. The van der Waals surface area contributed by atoms with Gasteiger partial charge >= 0.3 is 5.51 Å². The Labute approximate surface area is 86.8 Å². The Hall–Kier alpha value is 0.1000. The Balaban J connectivity index is 1.97. The molecule has 5 heteroatoms. The van der Waals surface area contributed by atoms with Gasteiger partial charge in [0.05, 0.1) is 0 Å². The van der Waals surface area contributed by atoms with Crippen molar-refractivity contribution in [1.82, 2.24) is 5.32 Å². The van der Waals surface area contributed by atoms with E-state index in [-0.39, 0.29) is 17.5 Å². The molecule has 1 N–H and O–H groups in total. The van der Waals surface area contributed by atoms with Crippen molar-refractivity contribution >= 4 is 11.8 Å². The third kappa shape index (κ3) is 5.75. The Bertz CT molecular complexity index is 155. The molecule has 0 atom stereocenters. The number of halogens is 3. The highest BCUT2D eigenvalue weighted by Gasteiger charge is 2.27. The van der Waals surface area contributed by atoms with E-state index in [0.29, 0.717) is 12.6 Å². The van der Waals surface area contributed by atoms with Gasteiger partial charge in [0.1, 0.15) is 0 Å². The highest BCUT2D eigenvalue weighted by Crippen LogP contribution is 2.29. The van der Waals surface area contributed by atoms with Crippen LogP contribution < -0.4 is 5.32 Å². The fourth-order valence-electron chi connectivity index (χ4n) is 1.74. The summed E-state index contributed by atoms with van der Waals surface area (Å²) in [5.74, 6) is 0.125. The lowest BCUT2D eigenvalue weighted by atomic mass is 9.96. The lowest BCUT2D eigenvalue weighted by Gasteiger charge is -2.22. The molecule has 0 aliphatic heterocycles. The van der Waals surface area contributed by atoms with Crippen LogP contribution in [0.3, 0.4) is 0 Å². The van der Waals surface area contributed by atoms with Crippen molar-refractivity contribution in [2.45, 2.75) is 43.7 Å². The number of hydrogen-bond donors (Lipinski definition) is 1. The Morgan fingerprint density at radius 2 is 1.79 bits per heavy atom. The zero-order chi connectivity index (χ0) is 10.4. The molecule has 1 aliphatic rings. The molecule has 0 unspecified atom stereocenters. The third-order valence-corrected chi connectivity index (χ3v) is 3.14. The zero-order valence-corrected chi connectivity index (χ0v) is 8.89. The van der Waals surface area contributed by atoms with E-state index in [4.69, 9.17) is 0 Å². The molecule has 0 aromatic carbocycles. The van der Waals surface area contributed by atoms with Crippen LogP contribution in [0.15, 0.2) is 0 Å². The predicted octanol–water partition coefficient (Wildman–Crippen LogP) is 3.16. The maximum Gasteiger partial charge on any atom is 0.441 e. The Kier molecular flexibility index (Phi) is 5.09. The first-order valence-electron chi connectivity index (χ1n) is 5.02. The molecule has 0 aromatic heterocycles. The van der Waals surface area contributed by atoms with Gasteiger partial charge in [-0.1, -0.05) is 19.3 Å². The summed E-state index contributed by atoms with van der Waals surface area (Å²) in [4.78, 5) is 0. The minimum atomic E-state index is -4.08. The predicted molar refractivity (Wildman–Crippen MR) is 53.4 cm³/mol. The molecular formula is C9H16F3NS. The van der Waals surface area contributed by atoms with E-state index in [9.17, 15) is 13.2 Å². The molecule has 1 fully saturated rings. The molecule has 1 rings (SSSR count). The van der Waals surface area contributed by atoms with Crippen molar-refractivity contribution in [2.24, 2.45) is 0 Å². The van der Waals surface area contributed by atoms with E-state index in [0.717, 1.165) is 12.8 Å². The molecule has 84 valence electrons. The summed E-state index contributed by atoms with van der Waals surface area (Å²) in [6.45, 7) is 0.467. The maximum absolute atomic E-state index is 11.8. The van der Waals surface area contributed by atoms with Crippen LogP contribution in [0.2, 0.25) is 0 Å². The summed E-state index contributed by atoms with van der Waals surface area (Å²) in [6.07, 6.45) is 5.94. The van der Waals surface area contributed by atoms with E-state index in [1.807, 2.05) is 0 Å². The van der Waals surface area contributed by atoms with Gasteiger partial charge < -0.3 is 5.32 Å². The molecule has 1 saturated carbocycles. The Morgan fingerprint density at radius 1 is 1.14 bits per heavy atom. The molecule has 0 heterocycles. The number of thioether (sulfide) groups is 1. The lowest BCUT2D eigenvalue weighted by molar-refractivity contribution is -0.0327. The van der Waals surface area contributed by atoms with Gasteiger partial charge in [-0.05, 0) is 24.6 Å². The van der Waals surface area contributed by atoms with Gasteiger partial charge in [-0.2, -0.15) is 13.2 Å². The van der Waals surface area contributed by atoms with Crippen LogP contribution in [-0.2, 0) is 0 Å². The smallest absolute Gasteiger partial charge is 0.313 e. The average Bonchev–Trinajstić information content (AvgIpc) is 2.13. The normalized spacial score (nSPS) is 19.9. The van der Waals surface area contributed by atoms with E-state index in [1.165, 1.54) is 19.3 Å². The molecule has 0 bridgehead atoms. The van der Waals surface area contributed by atoms with Crippen LogP contribution >= 0.6 is 11.8 Å². The first-order chi connectivity index (χ1) is 6.58. The van der Waals surface area contributed by atoms with Crippen LogP contribution in [0.25, 0.3) is 0 Å². The number of hydrogen-bond acceptors (Lipinski definition) is 2. The lowest BCUT2D eigenvalue weighted by Crippen LogP contribution is -2.32. The van der Waals surface area contributed by atoms with Gasteiger partial charge in [0.15, 0.2) is 0 Å². The quantitative estimate of drug-likeness (QED) is 0.740. The largest absolute Gasteiger partial charge is 0.441 e. The SMILES string of the molecule is FC(F)(F)SCCNC1CCCCC1. The van der Waals surface area contributed by atoms with Gasteiger partial charge in [0.25, 0.3) is 0 Å². The van der Waals surface area contributed by atoms with Crippen molar-refractivity contribution < 1.29 is 13.2 Å². The van der Waals surface area contributed by atoms with Crippen molar-refractivity contribution in [3.63, 3.8) is 0 Å². The van der Waals surface area contributed by atoms with Crippen molar-refractivity contribution in [2.75, 3.05) is 12.3 Å². The summed E-state index contributed by atoms with van der Waals surface area (Å²) in [7, 11) is 0. The molecule has 1 aliphatic carbocycles. The van der Waals surface area contributed by atoms with Crippen LogP contribution in [0.4, 0.5) is 13.2 Å². The van der Waals surface area contributed by atoms with E-state index in [2.05, 4.69) is 5.32 Å². The van der Waals surface area contributed by atoms with Crippen LogP contribution in [0, 0.1) is 0 Å². The van der Waals surface area contributed by atoms with Gasteiger partial charge in [0, 0.05) is 18.3 Å². The summed E-state index contributed by atoms with van der Waals surface area (Å²) < 4.78 is 35.3. The summed E-state index contributed by atoms with van der Waals surface area (Å²) in [5, 5.41) is 3.17. The molecule has 0 saturated heterocycles. The van der Waals surface area contributed by atoms with Crippen molar-refractivity contribution in [1.29, 1.82) is 0 Å². The van der Waals surface area contributed by atoms with Crippen LogP contribution in [0.1, 0.15) is 32.1 Å². The Morgan fingerprint density at radius 3 is 2.36 bits per heavy atom. The molecule has 14 heavy (non-hydrogen) atoms. The minimum absolute atomic E-state index is 0.0596. The fraction of sp³-hybridized carbons (Fsp3) is 1.00. The molecule has 0 spiro atoms. The maximum atomic E-state index is 11.8. The number of nitrogens with one attached hydrogen (secondary N) is 1. The second-order valence-electron chi connectivity index (χ2n) is 3.58. The third-order valence-electron chi connectivity index (χ3n) is 2.41. The highest BCUT2D eigenvalue weighted by molar-refractivity contribution is 8.00. The number of alkyl halides is 3. The summed E-state index contributed by atoms with van der Waals surface area (Å²) in [6, 6.07) is 0.456. The van der Waals surface area contributed by atoms with Crippen molar-refractivity contribution in [3.05, 3.63) is 0 Å². The highest BCUT2D eigenvalue weighted by atomic mass is 32.2. The molecule has 0 radical (unpaired) electrons. The number of rotatable bonds is 4. The molecular weight excluding hydrogens is 211 g/mol. The molecule has 1 nitrogen and oxygen atoms in total. The first-order valence-corrected chi connectivity index (χ1v) is 6.00. The van der Waals surface area contributed by atoms with Gasteiger partial charge in [-0.3, -0.25) is 0 Å². The van der Waals surface area contributed by atoms with Gasteiger partial charge in [-0.25, -0.2) is 0 Å². The van der Waals surface area contributed by atoms with Crippen LogP contribution in [0.5, 0.6) is 0 Å². The standard InChI is InChI=1S/C9H16F3NS/c10-9(11,12)14-7-6-13-8-4-2-1-3-5-8/h8,13H,1-7H2. The summed E-state index contributed by atoms with van der Waals surface area (Å²) >= 11 is 0.0596. The monoisotopic (exact) mass is 227 g/mol. The van der Waals surface area contributed by atoms with Gasteiger partial charge in [0.2, 0.25) is 0 Å². The second kappa shape index (κ2) is 5.85. The van der Waals surface area contributed by atoms with Crippen LogP contribution in [-0.4, -0.2) is 23.8 Å². The average molecular weight is 227 g/mol. The molecule has 0 amide bonds. The second-order valence-corrected chi connectivity index (χ2v) is 4.74. The topological polar surface area (TPSA) is 12.0 Å². The fourth-order valence-corrected chi connectivity index (χ4v) is 2.19.